The molecule has 0 aliphatic carbocycles. The van der Waals surface area contributed by atoms with Gasteiger partial charge < -0.3 is 10.6 Å². The van der Waals surface area contributed by atoms with Crippen molar-refractivity contribution in [3.63, 3.8) is 0 Å². The van der Waals surface area contributed by atoms with Gasteiger partial charge >= 0.3 is 0 Å². The van der Waals surface area contributed by atoms with Gasteiger partial charge in [0.25, 0.3) is 5.91 Å². The number of amides is 1. The van der Waals surface area contributed by atoms with E-state index in [2.05, 4.69) is 15.4 Å². The van der Waals surface area contributed by atoms with Crippen LogP contribution in [0.5, 0.6) is 0 Å². The normalized spacial score (nSPS) is 18.4. The quantitative estimate of drug-likeness (QED) is 0.779. The van der Waals surface area contributed by atoms with Crippen LogP contribution < -0.4 is 15.4 Å². The molecule has 1 amide bonds. The number of aryl methyl sites for hydroxylation is 2. The zero-order chi connectivity index (χ0) is 17.5. The predicted octanol–water partition coefficient (Wildman–Crippen LogP) is 2.28. The Morgan fingerprint density at radius 2 is 1.88 bits per heavy atom. The maximum Gasteiger partial charge on any atom is 0.262 e. The van der Waals surface area contributed by atoms with E-state index in [0.29, 0.717) is 11.4 Å². The van der Waals surface area contributed by atoms with Crippen molar-refractivity contribution in [1.29, 1.82) is 0 Å². The largest absolute Gasteiger partial charge is 0.360 e. The standard InChI is InChI=1S/C17H19N3O3S/c1-10-7-8-15-14(9-10)18-16(20-24(15,22)23)17(21)19-13-6-4-5-11(2)12(13)3/h4-9,16,18,20H,1-3H3,(H,19,21)/t16-/m0/s1. The molecule has 0 bridgehead atoms. The Balaban J connectivity index is 1.88. The summed E-state index contributed by atoms with van der Waals surface area (Å²) >= 11 is 0. The van der Waals surface area contributed by atoms with Gasteiger partial charge in [-0.1, -0.05) is 18.2 Å². The molecule has 1 aliphatic heterocycles. The first-order chi connectivity index (χ1) is 11.3. The van der Waals surface area contributed by atoms with Crippen LogP contribution >= 0.6 is 0 Å². The molecule has 2 aromatic rings. The molecule has 0 radical (unpaired) electrons. The number of hydrogen-bond acceptors (Lipinski definition) is 4. The third-order valence-corrected chi connectivity index (χ3v) is 5.60. The molecule has 3 rings (SSSR count). The number of anilines is 2. The van der Waals surface area contributed by atoms with Crippen molar-refractivity contribution in [1.82, 2.24) is 4.72 Å². The average molecular weight is 345 g/mol. The first kappa shape index (κ1) is 16.5. The van der Waals surface area contributed by atoms with Crippen LogP contribution in [0.1, 0.15) is 16.7 Å². The van der Waals surface area contributed by atoms with Crippen molar-refractivity contribution in [2.45, 2.75) is 31.8 Å². The third-order valence-electron chi connectivity index (χ3n) is 4.12. The van der Waals surface area contributed by atoms with Gasteiger partial charge in [0.05, 0.1) is 5.69 Å². The molecule has 0 unspecified atom stereocenters. The monoisotopic (exact) mass is 345 g/mol. The fourth-order valence-corrected chi connectivity index (χ4v) is 3.86. The molecule has 0 saturated heterocycles. The molecule has 1 heterocycles. The molecule has 3 N–H and O–H groups in total. The summed E-state index contributed by atoms with van der Waals surface area (Å²) < 4.78 is 27.1. The lowest BCUT2D eigenvalue weighted by Gasteiger charge is -2.27. The lowest BCUT2D eigenvalue weighted by Crippen LogP contribution is -2.51. The maximum absolute atomic E-state index is 12.5. The van der Waals surface area contributed by atoms with E-state index in [1.165, 1.54) is 6.07 Å². The van der Waals surface area contributed by atoms with Gasteiger partial charge in [-0.05, 0) is 55.7 Å². The van der Waals surface area contributed by atoms with Crippen LogP contribution in [0.15, 0.2) is 41.3 Å². The fraction of sp³-hybridized carbons (Fsp3) is 0.235. The summed E-state index contributed by atoms with van der Waals surface area (Å²) in [7, 11) is -3.74. The second-order valence-electron chi connectivity index (χ2n) is 5.93. The molecular weight excluding hydrogens is 326 g/mol. The van der Waals surface area contributed by atoms with Gasteiger partial charge in [0.2, 0.25) is 10.0 Å². The SMILES string of the molecule is Cc1ccc2c(c1)N[C@H](C(=O)Nc1cccc(C)c1C)NS2(=O)=O. The zero-order valence-corrected chi connectivity index (χ0v) is 14.5. The number of fused-ring (bicyclic) bond motifs is 1. The number of nitrogens with one attached hydrogen (secondary N) is 3. The van der Waals surface area contributed by atoms with Crippen molar-refractivity contribution in [3.8, 4) is 0 Å². The van der Waals surface area contributed by atoms with Crippen LogP contribution in [0.4, 0.5) is 11.4 Å². The lowest BCUT2D eigenvalue weighted by molar-refractivity contribution is -0.117. The van der Waals surface area contributed by atoms with Gasteiger partial charge in [-0.2, -0.15) is 4.72 Å². The number of carbonyl (C=O) groups excluding carboxylic acids is 1. The number of sulfonamides is 1. The minimum atomic E-state index is -3.74. The molecule has 0 fully saturated rings. The summed E-state index contributed by atoms with van der Waals surface area (Å²) in [6.45, 7) is 5.72. The summed E-state index contributed by atoms with van der Waals surface area (Å²) in [5.41, 5.74) is 3.99. The highest BCUT2D eigenvalue weighted by Crippen LogP contribution is 2.27. The van der Waals surface area contributed by atoms with Crippen LogP contribution in [-0.2, 0) is 14.8 Å². The molecule has 0 aromatic heterocycles. The van der Waals surface area contributed by atoms with Crippen LogP contribution in [0.25, 0.3) is 0 Å². The van der Waals surface area contributed by atoms with E-state index in [4.69, 9.17) is 0 Å². The third kappa shape index (κ3) is 3.00. The number of carbonyl (C=O) groups is 1. The van der Waals surface area contributed by atoms with E-state index < -0.39 is 22.1 Å². The second kappa shape index (κ2) is 5.92. The van der Waals surface area contributed by atoms with Gasteiger partial charge in [0, 0.05) is 5.69 Å². The van der Waals surface area contributed by atoms with Crippen LogP contribution in [0.2, 0.25) is 0 Å². The van der Waals surface area contributed by atoms with Gasteiger partial charge in [-0.25, -0.2) is 8.42 Å². The van der Waals surface area contributed by atoms with Gasteiger partial charge in [-0.15, -0.1) is 0 Å². The van der Waals surface area contributed by atoms with Crippen molar-refractivity contribution < 1.29 is 13.2 Å². The van der Waals surface area contributed by atoms with Crippen molar-refractivity contribution >= 4 is 27.3 Å². The van der Waals surface area contributed by atoms with Crippen LogP contribution in [0, 0.1) is 20.8 Å². The lowest BCUT2D eigenvalue weighted by atomic mass is 10.1. The van der Waals surface area contributed by atoms with Crippen LogP contribution in [-0.4, -0.2) is 20.5 Å². The smallest absolute Gasteiger partial charge is 0.262 e. The Morgan fingerprint density at radius 1 is 1.12 bits per heavy atom. The Kier molecular flexibility index (Phi) is 4.06. The van der Waals surface area contributed by atoms with Crippen molar-refractivity contribution in [3.05, 3.63) is 53.1 Å². The predicted molar refractivity (Wildman–Crippen MR) is 93.5 cm³/mol. The first-order valence-corrected chi connectivity index (χ1v) is 9.03. The average Bonchev–Trinajstić information content (AvgIpc) is 2.50. The highest BCUT2D eigenvalue weighted by Gasteiger charge is 2.33. The second-order valence-corrected chi connectivity index (χ2v) is 7.62. The van der Waals surface area contributed by atoms with Gasteiger partial charge in [0.15, 0.2) is 6.17 Å². The van der Waals surface area contributed by atoms with Gasteiger partial charge in [0.1, 0.15) is 4.90 Å². The van der Waals surface area contributed by atoms with E-state index in [1.807, 2.05) is 32.9 Å². The molecule has 1 aliphatic rings. The Bertz CT molecular complexity index is 923. The van der Waals surface area contributed by atoms with Crippen molar-refractivity contribution in [2.75, 3.05) is 10.6 Å². The highest BCUT2D eigenvalue weighted by atomic mass is 32.2. The Hall–Kier alpha value is -2.38. The zero-order valence-electron chi connectivity index (χ0n) is 13.7. The molecule has 126 valence electrons. The topological polar surface area (TPSA) is 87.3 Å². The van der Waals surface area contributed by atoms with E-state index in [0.717, 1.165) is 16.7 Å². The summed E-state index contributed by atoms with van der Waals surface area (Å²) in [6, 6.07) is 10.5. The van der Waals surface area contributed by atoms with E-state index >= 15 is 0 Å². The molecule has 6 nitrogen and oxygen atoms in total. The van der Waals surface area contributed by atoms with E-state index in [1.54, 1.807) is 18.2 Å². The minimum absolute atomic E-state index is 0.142. The number of rotatable bonds is 2. The fourth-order valence-electron chi connectivity index (χ4n) is 2.61. The molecule has 2 aromatic carbocycles. The Morgan fingerprint density at radius 3 is 2.62 bits per heavy atom. The summed E-state index contributed by atoms with van der Waals surface area (Å²) in [5, 5.41) is 5.72. The van der Waals surface area contributed by atoms with E-state index in [9.17, 15) is 13.2 Å². The summed E-state index contributed by atoms with van der Waals surface area (Å²) in [5.74, 6) is -0.459. The molecule has 0 saturated carbocycles. The molecular formula is C17H19N3O3S. The minimum Gasteiger partial charge on any atom is -0.360 e. The highest BCUT2D eigenvalue weighted by molar-refractivity contribution is 7.89. The van der Waals surface area contributed by atoms with Crippen LogP contribution in [0.3, 0.4) is 0 Å². The maximum atomic E-state index is 12.5. The Labute approximate surface area is 141 Å². The molecule has 24 heavy (non-hydrogen) atoms. The number of benzene rings is 2. The summed E-state index contributed by atoms with van der Waals surface area (Å²) in [4.78, 5) is 12.7. The molecule has 1 atom stereocenters. The van der Waals surface area contributed by atoms with Gasteiger partial charge in [-0.3, -0.25) is 4.79 Å². The molecule has 7 heteroatoms. The number of hydrogen-bond donors (Lipinski definition) is 3. The summed E-state index contributed by atoms with van der Waals surface area (Å²) in [6.07, 6.45) is -1.07. The first-order valence-electron chi connectivity index (χ1n) is 7.54. The molecule has 0 spiro atoms. The van der Waals surface area contributed by atoms with E-state index in [-0.39, 0.29) is 4.90 Å². The van der Waals surface area contributed by atoms with Crippen molar-refractivity contribution in [2.24, 2.45) is 0 Å².